The molecule has 1 aliphatic rings. The molecule has 0 saturated carbocycles. The standard InChI is InChI=1S/C25H24ClFN4O4S/c1-36(34,35)30-21-6-3-2-5-19(21)16-8-13-23(20(27)15-16)31-14-4-7-22(24(31)32)29-25(33)28-18-11-9-17(26)10-12-18/h2-3,5-6,8-13,15,22,30H,4,7,14H2,1H3,(H2,28,29,33)/t22-/m1/s1. The maximum absolute atomic E-state index is 15.2. The summed E-state index contributed by atoms with van der Waals surface area (Å²) in [4.78, 5) is 26.8. The van der Waals surface area contributed by atoms with Crippen LogP contribution in [0.1, 0.15) is 12.8 Å². The van der Waals surface area contributed by atoms with Gasteiger partial charge in [-0.3, -0.25) is 9.52 Å². The van der Waals surface area contributed by atoms with E-state index in [2.05, 4.69) is 15.4 Å². The third-order valence-electron chi connectivity index (χ3n) is 5.62. The smallest absolute Gasteiger partial charge is 0.319 e. The van der Waals surface area contributed by atoms with Gasteiger partial charge in [0.2, 0.25) is 15.9 Å². The van der Waals surface area contributed by atoms with Crippen molar-refractivity contribution in [1.29, 1.82) is 0 Å². The molecule has 0 aliphatic carbocycles. The molecule has 1 saturated heterocycles. The molecule has 3 amide bonds. The molecule has 0 radical (unpaired) electrons. The molecule has 3 aromatic rings. The van der Waals surface area contributed by atoms with E-state index in [1.54, 1.807) is 54.6 Å². The first-order chi connectivity index (χ1) is 17.1. The van der Waals surface area contributed by atoms with Gasteiger partial charge in [-0.05, 0) is 60.9 Å². The molecule has 36 heavy (non-hydrogen) atoms. The summed E-state index contributed by atoms with van der Waals surface area (Å²) in [6.07, 6.45) is 2.03. The number of nitrogens with zero attached hydrogens (tertiary/aromatic N) is 1. The van der Waals surface area contributed by atoms with Crippen LogP contribution in [0.3, 0.4) is 0 Å². The first kappa shape index (κ1) is 25.5. The van der Waals surface area contributed by atoms with Gasteiger partial charge in [0.25, 0.3) is 0 Å². The second-order valence-electron chi connectivity index (χ2n) is 8.38. The molecule has 11 heteroatoms. The number of nitrogens with one attached hydrogen (secondary N) is 3. The number of carbonyl (C=O) groups is 2. The van der Waals surface area contributed by atoms with Crippen LogP contribution in [0, 0.1) is 5.82 Å². The van der Waals surface area contributed by atoms with Crippen molar-refractivity contribution in [3.8, 4) is 11.1 Å². The van der Waals surface area contributed by atoms with Gasteiger partial charge in [-0.25, -0.2) is 17.6 Å². The number of urea groups is 1. The summed E-state index contributed by atoms with van der Waals surface area (Å²) < 4.78 is 41.1. The number of halogens is 2. The molecule has 1 aliphatic heterocycles. The summed E-state index contributed by atoms with van der Waals surface area (Å²) >= 11 is 5.85. The molecule has 188 valence electrons. The lowest BCUT2D eigenvalue weighted by Gasteiger charge is -2.33. The molecule has 0 spiro atoms. The highest BCUT2D eigenvalue weighted by Gasteiger charge is 2.32. The van der Waals surface area contributed by atoms with E-state index in [1.165, 1.54) is 17.0 Å². The summed E-state index contributed by atoms with van der Waals surface area (Å²) in [7, 11) is -3.53. The molecule has 1 atom stereocenters. The maximum atomic E-state index is 15.2. The van der Waals surface area contributed by atoms with Gasteiger partial charge in [0.05, 0.1) is 17.6 Å². The number of para-hydroxylation sites is 1. The predicted octanol–water partition coefficient (Wildman–Crippen LogP) is 4.83. The van der Waals surface area contributed by atoms with Gasteiger partial charge in [-0.1, -0.05) is 35.9 Å². The van der Waals surface area contributed by atoms with Crippen LogP contribution in [0.2, 0.25) is 5.02 Å². The Morgan fingerprint density at radius 2 is 1.81 bits per heavy atom. The largest absolute Gasteiger partial charge is 0.326 e. The zero-order valence-electron chi connectivity index (χ0n) is 19.3. The Morgan fingerprint density at radius 3 is 2.50 bits per heavy atom. The molecule has 1 fully saturated rings. The van der Waals surface area contributed by atoms with Crippen LogP contribution in [0.5, 0.6) is 0 Å². The van der Waals surface area contributed by atoms with E-state index in [9.17, 15) is 18.0 Å². The average molecular weight is 531 g/mol. The van der Waals surface area contributed by atoms with Gasteiger partial charge >= 0.3 is 6.03 Å². The summed E-state index contributed by atoms with van der Waals surface area (Å²) in [5.41, 5.74) is 1.87. The van der Waals surface area contributed by atoms with Crippen LogP contribution in [0.4, 0.5) is 26.2 Å². The number of hydrogen-bond acceptors (Lipinski definition) is 4. The van der Waals surface area contributed by atoms with Crippen LogP contribution >= 0.6 is 11.6 Å². The summed E-state index contributed by atoms with van der Waals surface area (Å²) in [5.74, 6) is -1.06. The Hall–Kier alpha value is -3.63. The van der Waals surface area contributed by atoms with Gasteiger partial charge in [0.1, 0.15) is 11.9 Å². The number of amides is 3. The molecular weight excluding hydrogens is 507 g/mol. The topological polar surface area (TPSA) is 108 Å². The molecule has 1 heterocycles. The minimum Gasteiger partial charge on any atom is -0.326 e. The quantitative estimate of drug-likeness (QED) is 0.424. The molecule has 3 aromatic carbocycles. The lowest BCUT2D eigenvalue weighted by atomic mass is 10.0. The Balaban J connectivity index is 1.50. The van der Waals surface area contributed by atoms with Crippen molar-refractivity contribution in [2.24, 2.45) is 0 Å². The van der Waals surface area contributed by atoms with Gasteiger partial charge in [-0.15, -0.1) is 0 Å². The van der Waals surface area contributed by atoms with E-state index in [0.29, 0.717) is 46.9 Å². The Morgan fingerprint density at radius 1 is 1.08 bits per heavy atom. The van der Waals surface area contributed by atoms with Gasteiger partial charge in [0.15, 0.2) is 0 Å². The number of anilines is 3. The Bertz CT molecular complexity index is 1400. The van der Waals surface area contributed by atoms with Crippen LogP contribution in [0.15, 0.2) is 66.7 Å². The lowest BCUT2D eigenvalue weighted by Crippen LogP contribution is -2.53. The number of benzene rings is 3. The van der Waals surface area contributed by atoms with Gasteiger partial charge < -0.3 is 15.5 Å². The van der Waals surface area contributed by atoms with Gasteiger partial charge in [-0.2, -0.15) is 0 Å². The fourth-order valence-electron chi connectivity index (χ4n) is 4.02. The van der Waals surface area contributed by atoms with Crippen LogP contribution in [0.25, 0.3) is 11.1 Å². The molecule has 8 nitrogen and oxygen atoms in total. The van der Waals surface area contributed by atoms with E-state index < -0.39 is 33.8 Å². The number of rotatable bonds is 6. The Kier molecular flexibility index (Phi) is 7.46. The summed E-state index contributed by atoms with van der Waals surface area (Å²) in [5, 5.41) is 5.83. The van der Waals surface area contributed by atoms with Crippen molar-refractivity contribution in [2.45, 2.75) is 18.9 Å². The SMILES string of the molecule is CS(=O)(=O)Nc1ccccc1-c1ccc(N2CCC[C@@H](NC(=O)Nc3ccc(Cl)cc3)C2=O)c(F)c1. The second kappa shape index (κ2) is 10.5. The Labute approximate surface area is 213 Å². The second-order valence-corrected chi connectivity index (χ2v) is 10.6. The zero-order chi connectivity index (χ0) is 25.9. The van der Waals surface area contributed by atoms with Crippen LogP contribution in [-0.2, 0) is 14.8 Å². The van der Waals surface area contributed by atoms with Crippen molar-refractivity contribution in [1.82, 2.24) is 5.32 Å². The number of piperidine rings is 1. The van der Waals surface area contributed by atoms with Crippen molar-refractivity contribution in [3.63, 3.8) is 0 Å². The van der Waals surface area contributed by atoms with E-state index in [-0.39, 0.29) is 5.69 Å². The summed E-state index contributed by atoms with van der Waals surface area (Å²) in [6.45, 7) is 0.304. The predicted molar refractivity (Wildman–Crippen MR) is 139 cm³/mol. The molecule has 4 rings (SSSR count). The van der Waals surface area contributed by atoms with E-state index in [1.807, 2.05) is 0 Å². The lowest BCUT2D eigenvalue weighted by molar-refractivity contribution is -0.121. The summed E-state index contributed by atoms with van der Waals surface area (Å²) in [6, 6.07) is 16.2. The van der Waals surface area contributed by atoms with Crippen molar-refractivity contribution in [2.75, 3.05) is 27.7 Å². The number of sulfonamides is 1. The molecule has 0 bridgehead atoms. The van der Waals surface area contributed by atoms with Crippen molar-refractivity contribution >= 4 is 50.6 Å². The maximum Gasteiger partial charge on any atom is 0.319 e. The first-order valence-corrected chi connectivity index (χ1v) is 13.4. The molecule has 0 unspecified atom stereocenters. The highest BCUT2D eigenvalue weighted by atomic mass is 35.5. The minimum atomic E-state index is -3.53. The van der Waals surface area contributed by atoms with E-state index in [4.69, 9.17) is 11.6 Å². The average Bonchev–Trinajstić information content (AvgIpc) is 2.81. The van der Waals surface area contributed by atoms with E-state index in [0.717, 1.165) is 6.26 Å². The highest BCUT2D eigenvalue weighted by molar-refractivity contribution is 7.92. The third-order valence-corrected chi connectivity index (χ3v) is 6.46. The van der Waals surface area contributed by atoms with Crippen LogP contribution in [-0.4, -0.2) is 39.2 Å². The highest BCUT2D eigenvalue weighted by Crippen LogP contribution is 2.33. The fourth-order valence-corrected chi connectivity index (χ4v) is 4.73. The minimum absolute atomic E-state index is 0.0851. The van der Waals surface area contributed by atoms with Crippen LogP contribution < -0.4 is 20.3 Å². The number of hydrogen-bond donors (Lipinski definition) is 3. The third kappa shape index (κ3) is 6.13. The monoisotopic (exact) mass is 530 g/mol. The number of carbonyl (C=O) groups excluding carboxylic acids is 2. The van der Waals surface area contributed by atoms with E-state index >= 15 is 4.39 Å². The van der Waals surface area contributed by atoms with Crippen molar-refractivity contribution < 1.29 is 22.4 Å². The molecular formula is C25H24ClFN4O4S. The fraction of sp³-hybridized carbons (Fsp3) is 0.200. The first-order valence-electron chi connectivity index (χ1n) is 11.1. The normalized spacial score (nSPS) is 15.9. The zero-order valence-corrected chi connectivity index (χ0v) is 20.9. The van der Waals surface area contributed by atoms with Crippen molar-refractivity contribution in [3.05, 3.63) is 77.6 Å². The molecule has 3 N–H and O–H groups in total. The molecule has 0 aromatic heterocycles. The van der Waals surface area contributed by atoms with Gasteiger partial charge in [0, 0.05) is 22.8 Å².